The number of rotatable bonds is 5. The molecule has 0 aromatic carbocycles. The molecule has 2 fully saturated rings. The first-order valence-electron chi connectivity index (χ1n) is 9.64. The van der Waals surface area contributed by atoms with Crippen LogP contribution in [-0.4, -0.2) is 44.0 Å². The van der Waals surface area contributed by atoms with Crippen LogP contribution in [0, 0.1) is 19.8 Å². The van der Waals surface area contributed by atoms with Crippen LogP contribution in [0.1, 0.15) is 53.6 Å². The van der Waals surface area contributed by atoms with Crippen LogP contribution in [0.2, 0.25) is 0 Å². The van der Waals surface area contributed by atoms with Gasteiger partial charge in [0, 0.05) is 19.2 Å². The van der Waals surface area contributed by atoms with Crippen molar-refractivity contribution in [3.63, 3.8) is 0 Å². The van der Waals surface area contributed by atoms with Crippen molar-refractivity contribution in [2.45, 2.75) is 45.6 Å². The van der Waals surface area contributed by atoms with Crippen LogP contribution >= 0.6 is 0 Å². The van der Waals surface area contributed by atoms with Crippen LogP contribution in [-0.2, 0) is 9.59 Å². The number of piperidine rings is 1. The summed E-state index contributed by atoms with van der Waals surface area (Å²) in [6.07, 6.45) is 6.39. The molecule has 1 atom stereocenters. The Kier molecular flexibility index (Phi) is 4.77. The number of nitrogens with one attached hydrogen (secondary N) is 1. The van der Waals surface area contributed by atoms with Gasteiger partial charge in [0.25, 0.3) is 5.91 Å². The summed E-state index contributed by atoms with van der Waals surface area (Å²) in [6.45, 7) is 3.69. The molecule has 2 aromatic rings. The molecule has 2 aliphatic rings. The van der Waals surface area contributed by atoms with Gasteiger partial charge in [-0.1, -0.05) is 0 Å². The van der Waals surface area contributed by atoms with E-state index >= 15 is 0 Å². The topological polar surface area (TPSA) is 136 Å². The molecule has 1 unspecified atom stereocenters. The molecule has 3 amide bonds. The van der Waals surface area contributed by atoms with E-state index in [0.29, 0.717) is 29.5 Å². The van der Waals surface area contributed by atoms with E-state index in [1.807, 2.05) is 10.9 Å². The van der Waals surface area contributed by atoms with Gasteiger partial charge >= 0.3 is 0 Å². The van der Waals surface area contributed by atoms with Crippen LogP contribution in [0.3, 0.4) is 0 Å². The van der Waals surface area contributed by atoms with Crippen molar-refractivity contribution < 1.29 is 14.4 Å². The normalized spacial score (nSPS) is 19.3. The van der Waals surface area contributed by atoms with Crippen LogP contribution in [0.15, 0.2) is 12.4 Å². The lowest BCUT2D eigenvalue weighted by Crippen LogP contribution is -2.44. The zero-order valence-electron chi connectivity index (χ0n) is 16.4. The van der Waals surface area contributed by atoms with E-state index in [4.69, 9.17) is 5.73 Å². The zero-order chi connectivity index (χ0) is 20.7. The van der Waals surface area contributed by atoms with Gasteiger partial charge in [-0.05, 0) is 33.1 Å². The van der Waals surface area contributed by atoms with Gasteiger partial charge in [0.15, 0.2) is 11.5 Å². The summed E-state index contributed by atoms with van der Waals surface area (Å²) in [5.74, 6) is -1.51. The number of hydrogen-bond acceptors (Lipinski definition) is 6. The Balaban J connectivity index is 1.51. The van der Waals surface area contributed by atoms with Crippen molar-refractivity contribution in [1.29, 1.82) is 0 Å². The fourth-order valence-corrected chi connectivity index (χ4v) is 3.40. The molecule has 10 nitrogen and oxygen atoms in total. The number of aryl methyl sites for hydroxylation is 2. The van der Waals surface area contributed by atoms with Gasteiger partial charge in [-0.3, -0.25) is 19.1 Å². The lowest BCUT2D eigenvalue weighted by Gasteiger charge is -2.31. The second-order valence-electron chi connectivity index (χ2n) is 7.59. The highest BCUT2D eigenvalue weighted by Gasteiger charge is 2.33. The first-order valence-corrected chi connectivity index (χ1v) is 9.64. The van der Waals surface area contributed by atoms with E-state index in [2.05, 4.69) is 20.4 Å². The van der Waals surface area contributed by atoms with Crippen molar-refractivity contribution in [2.24, 2.45) is 11.7 Å². The summed E-state index contributed by atoms with van der Waals surface area (Å²) in [7, 11) is 0. The summed E-state index contributed by atoms with van der Waals surface area (Å²) < 4.78 is 1.87. The number of primary amides is 1. The molecule has 1 saturated heterocycles. The minimum absolute atomic E-state index is 0.0341. The first kappa shape index (κ1) is 19.0. The second kappa shape index (κ2) is 7.26. The fourth-order valence-electron chi connectivity index (χ4n) is 3.40. The van der Waals surface area contributed by atoms with Crippen molar-refractivity contribution in [3.05, 3.63) is 29.5 Å². The summed E-state index contributed by atoms with van der Waals surface area (Å²) >= 11 is 0. The van der Waals surface area contributed by atoms with Crippen LogP contribution in [0.25, 0.3) is 0 Å². The molecule has 0 spiro atoms. The highest BCUT2D eigenvalue weighted by atomic mass is 16.2. The number of nitrogens with two attached hydrogens (primary N) is 1. The minimum Gasteiger partial charge on any atom is -0.364 e. The SMILES string of the molecule is Cc1nc(NC(=O)C2CCC(=O)N(c3cnn(C4CC4)c3)C2)c(C(N)=O)nc1C. The average molecular weight is 397 g/mol. The highest BCUT2D eigenvalue weighted by molar-refractivity contribution is 6.02. The first-order chi connectivity index (χ1) is 13.8. The van der Waals surface area contributed by atoms with E-state index in [9.17, 15) is 14.4 Å². The smallest absolute Gasteiger partial charge is 0.271 e. The zero-order valence-corrected chi connectivity index (χ0v) is 16.4. The van der Waals surface area contributed by atoms with Crippen LogP contribution in [0.5, 0.6) is 0 Å². The number of anilines is 2. The van der Waals surface area contributed by atoms with E-state index < -0.39 is 11.8 Å². The number of carbonyl (C=O) groups is 3. The van der Waals surface area contributed by atoms with E-state index in [1.54, 1.807) is 24.9 Å². The monoisotopic (exact) mass is 397 g/mol. The Labute approximate surface area is 167 Å². The molecule has 29 heavy (non-hydrogen) atoms. The lowest BCUT2D eigenvalue weighted by atomic mass is 9.96. The molecule has 1 aliphatic heterocycles. The molecule has 3 heterocycles. The molecular weight excluding hydrogens is 374 g/mol. The third-order valence-electron chi connectivity index (χ3n) is 5.38. The van der Waals surface area contributed by atoms with Gasteiger partial charge in [-0.2, -0.15) is 5.10 Å². The number of nitrogens with zero attached hydrogens (tertiary/aromatic N) is 5. The summed E-state index contributed by atoms with van der Waals surface area (Å²) in [6, 6.07) is 0.415. The van der Waals surface area contributed by atoms with Crippen molar-refractivity contribution in [2.75, 3.05) is 16.8 Å². The number of carbonyl (C=O) groups excluding carboxylic acids is 3. The van der Waals surface area contributed by atoms with Crippen LogP contribution < -0.4 is 16.0 Å². The maximum absolute atomic E-state index is 12.9. The number of aromatic nitrogens is 4. The van der Waals surface area contributed by atoms with Gasteiger partial charge in [-0.25, -0.2) is 9.97 Å². The van der Waals surface area contributed by atoms with Crippen molar-refractivity contribution >= 4 is 29.2 Å². The molecule has 1 aliphatic carbocycles. The molecule has 0 bridgehead atoms. The third kappa shape index (κ3) is 3.82. The van der Waals surface area contributed by atoms with Crippen molar-refractivity contribution in [3.8, 4) is 0 Å². The Hall–Kier alpha value is -3.30. The van der Waals surface area contributed by atoms with Crippen molar-refractivity contribution in [1.82, 2.24) is 19.7 Å². The van der Waals surface area contributed by atoms with E-state index in [0.717, 1.165) is 12.8 Å². The Morgan fingerprint density at radius 1 is 1.17 bits per heavy atom. The molecule has 3 N–H and O–H groups in total. The predicted octanol–water partition coefficient (Wildman–Crippen LogP) is 1.11. The Bertz CT molecular complexity index is 996. The Morgan fingerprint density at radius 3 is 2.59 bits per heavy atom. The number of hydrogen-bond donors (Lipinski definition) is 2. The van der Waals surface area contributed by atoms with Gasteiger partial charge in [0.1, 0.15) is 0 Å². The number of amides is 3. The summed E-state index contributed by atoms with van der Waals surface area (Å²) in [5, 5.41) is 7.00. The van der Waals surface area contributed by atoms with Gasteiger partial charge in [0.05, 0.1) is 35.2 Å². The molecule has 10 heteroatoms. The molecular formula is C19H23N7O3. The predicted molar refractivity (Wildman–Crippen MR) is 104 cm³/mol. The average Bonchev–Trinajstić information content (AvgIpc) is 3.42. The van der Waals surface area contributed by atoms with Gasteiger partial charge in [-0.15, -0.1) is 0 Å². The highest BCUT2D eigenvalue weighted by Crippen LogP contribution is 2.35. The standard InChI is InChI=1S/C19H23N7O3/c1-10-11(2)23-18(16(22-10)17(20)28)24-19(29)12-3-6-15(27)25(8-12)14-7-21-26(9-14)13-4-5-13/h7,9,12-13H,3-6,8H2,1-2H3,(H2,20,28)(H,23,24,29). The van der Waals surface area contributed by atoms with E-state index in [1.165, 1.54) is 0 Å². The largest absolute Gasteiger partial charge is 0.364 e. The fraction of sp³-hybridized carbons (Fsp3) is 0.474. The van der Waals surface area contributed by atoms with Gasteiger partial charge in [0.2, 0.25) is 11.8 Å². The second-order valence-corrected chi connectivity index (χ2v) is 7.59. The Morgan fingerprint density at radius 2 is 1.90 bits per heavy atom. The molecule has 2 aromatic heterocycles. The summed E-state index contributed by atoms with van der Waals surface area (Å²) in [5.41, 5.74) is 7.17. The van der Waals surface area contributed by atoms with E-state index in [-0.39, 0.29) is 36.3 Å². The minimum atomic E-state index is -0.760. The molecule has 0 radical (unpaired) electrons. The van der Waals surface area contributed by atoms with Gasteiger partial charge < -0.3 is 16.0 Å². The van der Waals surface area contributed by atoms with Crippen LogP contribution in [0.4, 0.5) is 11.5 Å². The molecule has 152 valence electrons. The lowest BCUT2D eigenvalue weighted by molar-refractivity contribution is -0.124. The maximum atomic E-state index is 12.9. The quantitative estimate of drug-likeness (QED) is 0.775. The third-order valence-corrected chi connectivity index (χ3v) is 5.38. The molecule has 1 saturated carbocycles. The summed E-state index contributed by atoms with van der Waals surface area (Å²) in [4.78, 5) is 47.0. The maximum Gasteiger partial charge on any atom is 0.271 e. The molecule has 4 rings (SSSR count).